The fraction of sp³-hybridized carbons (Fsp3) is 0.696. The molecule has 2 aliphatic rings. The fourth-order valence-corrected chi connectivity index (χ4v) is 5.63. The van der Waals surface area contributed by atoms with Crippen LogP contribution in [0.3, 0.4) is 0 Å². The molecule has 2 N–H and O–H groups in total. The Hall–Kier alpha value is -1.48. The van der Waals surface area contributed by atoms with E-state index in [1.54, 1.807) is 4.90 Å². The predicted octanol–water partition coefficient (Wildman–Crippen LogP) is 2.41. The van der Waals surface area contributed by atoms with Crippen molar-refractivity contribution >= 4 is 15.9 Å². The lowest BCUT2D eigenvalue weighted by atomic mass is 9.83. The number of hydrogen-bond donors (Lipinski definition) is 2. The molecule has 2 fully saturated rings. The summed E-state index contributed by atoms with van der Waals surface area (Å²) < 4.78 is 32.7. The first-order chi connectivity index (χ1) is 14.5. The number of benzene rings is 1. The van der Waals surface area contributed by atoms with Crippen LogP contribution < -0.4 is 4.72 Å². The van der Waals surface area contributed by atoms with Crippen molar-refractivity contribution < 1.29 is 23.1 Å². The number of aliphatic hydroxyl groups is 1. The van der Waals surface area contributed by atoms with Crippen molar-refractivity contribution in [3.05, 3.63) is 35.9 Å². The molecule has 1 aliphatic heterocycles. The maximum Gasteiger partial charge on any atom is 0.254 e. The van der Waals surface area contributed by atoms with Crippen molar-refractivity contribution in [2.24, 2.45) is 0 Å². The number of hydrogen-bond acceptors (Lipinski definition) is 5. The van der Waals surface area contributed by atoms with Crippen molar-refractivity contribution in [2.45, 2.75) is 82.1 Å². The summed E-state index contributed by atoms with van der Waals surface area (Å²) in [6.07, 6.45) is 6.52. The van der Waals surface area contributed by atoms with Gasteiger partial charge in [-0.05, 0) is 63.9 Å². The molecule has 0 aromatic heterocycles. The van der Waals surface area contributed by atoms with Gasteiger partial charge >= 0.3 is 0 Å². The lowest BCUT2D eigenvalue weighted by molar-refractivity contribution is -0.155. The first-order valence-corrected chi connectivity index (χ1v) is 13.1. The van der Waals surface area contributed by atoms with Gasteiger partial charge in [-0.25, -0.2) is 13.1 Å². The van der Waals surface area contributed by atoms with Crippen LogP contribution in [0.5, 0.6) is 0 Å². The molecule has 3 rings (SSSR count). The molecule has 8 heteroatoms. The molecule has 0 bridgehead atoms. The number of amides is 1. The Morgan fingerprint density at radius 3 is 2.39 bits per heavy atom. The molecule has 1 saturated carbocycles. The molecule has 1 saturated heterocycles. The lowest BCUT2D eigenvalue weighted by Gasteiger charge is -2.43. The second-order valence-electron chi connectivity index (χ2n) is 9.48. The second kappa shape index (κ2) is 9.98. The summed E-state index contributed by atoms with van der Waals surface area (Å²) in [7, 11) is -3.43. The third-order valence-electron chi connectivity index (χ3n) is 6.38. The van der Waals surface area contributed by atoms with Crippen LogP contribution >= 0.6 is 0 Å². The fourth-order valence-electron chi connectivity index (χ4n) is 4.80. The number of sulfonamides is 1. The highest BCUT2D eigenvalue weighted by Crippen LogP contribution is 2.34. The van der Waals surface area contributed by atoms with E-state index in [0.717, 1.165) is 31.9 Å². The Kier molecular flexibility index (Phi) is 7.78. The van der Waals surface area contributed by atoms with Crippen molar-refractivity contribution in [1.29, 1.82) is 0 Å². The Morgan fingerprint density at radius 2 is 1.81 bits per heavy atom. The minimum Gasteiger partial charge on any atom is -0.381 e. The molecule has 31 heavy (non-hydrogen) atoms. The summed E-state index contributed by atoms with van der Waals surface area (Å²) in [5.74, 6) is 0.150. The number of ether oxygens (including phenoxy) is 1. The summed E-state index contributed by atoms with van der Waals surface area (Å²) in [4.78, 5) is 14.4. The second-order valence-corrected chi connectivity index (χ2v) is 11.3. The molecule has 1 aromatic rings. The molecule has 1 heterocycles. The minimum atomic E-state index is -3.43. The third kappa shape index (κ3) is 6.75. The topological polar surface area (TPSA) is 95.9 Å². The average Bonchev–Trinajstić information content (AvgIpc) is 2.71. The monoisotopic (exact) mass is 452 g/mol. The Balaban J connectivity index is 1.64. The van der Waals surface area contributed by atoms with Crippen LogP contribution in [0.1, 0.15) is 63.9 Å². The molecule has 2 atom stereocenters. The molecule has 0 radical (unpaired) electrons. The maximum atomic E-state index is 12.8. The van der Waals surface area contributed by atoms with Crippen LogP contribution in [0.4, 0.5) is 0 Å². The molecule has 0 spiro atoms. The molecular weight excluding hydrogens is 416 g/mol. The van der Waals surface area contributed by atoms with Crippen molar-refractivity contribution in [1.82, 2.24) is 9.62 Å². The molecule has 0 unspecified atom stereocenters. The quantitative estimate of drug-likeness (QED) is 0.662. The molecule has 1 amide bonds. The summed E-state index contributed by atoms with van der Waals surface area (Å²) in [6, 6.07) is 9.67. The van der Waals surface area contributed by atoms with Gasteiger partial charge in [-0.3, -0.25) is 4.79 Å². The number of likely N-dealkylation sites (tertiary alicyclic amines) is 1. The van der Waals surface area contributed by atoms with E-state index in [9.17, 15) is 18.3 Å². The summed E-state index contributed by atoms with van der Waals surface area (Å²) >= 11 is 0. The number of nitrogens with one attached hydrogen (secondary N) is 1. The molecule has 1 aliphatic carbocycles. The molecule has 7 nitrogen and oxygen atoms in total. The van der Waals surface area contributed by atoms with Gasteiger partial charge in [-0.2, -0.15) is 0 Å². The molecule has 1 aromatic carbocycles. The smallest absolute Gasteiger partial charge is 0.254 e. The Labute approximate surface area is 186 Å². The van der Waals surface area contributed by atoms with E-state index in [0.29, 0.717) is 25.3 Å². The zero-order valence-electron chi connectivity index (χ0n) is 18.8. The van der Waals surface area contributed by atoms with Crippen LogP contribution in [0.2, 0.25) is 0 Å². The van der Waals surface area contributed by atoms with E-state index < -0.39 is 33.6 Å². The number of rotatable bonds is 7. The molecular formula is C23H36N2O5S. The van der Waals surface area contributed by atoms with Crippen LogP contribution in [-0.4, -0.2) is 67.5 Å². The van der Waals surface area contributed by atoms with Gasteiger partial charge in [0.15, 0.2) is 0 Å². The van der Waals surface area contributed by atoms with Crippen molar-refractivity contribution in [2.75, 3.05) is 19.4 Å². The van der Waals surface area contributed by atoms with Crippen molar-refractivity contribution in [3.63, 3.8) is 0 Å². The van der Waals surface area contributed by atoms with Gasteiger partial charge in [0.25, 0.3) is 5.91 Å². The predicted molar refractivity (Wildman–Crippen MR) is 120 cm³/mol. The van der Waals surface area contributed by atoms with Crippen LogP contribution in [0.15, 0.2) is 30.3 Å². The van der Waals surface area contributed by atoms with Gasteiger partial charge in [-0.15, -0.1) is 0 Å². The highest BCUT2D eigenvalue weighted by Gasteiger charge is 2.41. The van der Waals surface area contributed by atoms with Gasteiger partial charge in [0.1, 0.15) is 5.60 Å². The number of carbonyl (C=O) groups excluding carboxylic acids is 1. The summed E-state index contributed by atoms with van der Waals surface area (Å²) in [5, 5.41) is 10.3. The summed E-state index contributed by atoms with van der Waals surface area (Å²) in [6.45, 7) is 3.67. The van der Waals surface area contributed by atoms with E-state index in [2.05, 4.69) is 29.0 Å². The summed E-state index contributed by atoms with van der Waals surface area (Å²) in [5.41, 5.74) is -0.147. The number of nitrogens with zero attached hydrogens (tertiary/aromatic N) is 1. The van der Waals surface area contributed by atoms with Gasteiger partial charge < -0.3 is 14.7 Å². The normalized spacial score (nSPS) is 27.8. The van der Waals surface area contributed by atoms with Crippen LogP contribution in [-0.2, 0) is 19.6 Å². The van der Waals surface area contributed by atoms with E-state index in [1.165, 1.54) is 19.4 Å². The highest BCUT2D eigenvalue weighted by atomic mass is 32.2. The minimum absolute atomic E-state index is 0.0971. The Bertz CT molecular complexity index is 829. The van der Waals surface area contributed by atoms with Gasteiger partial charge in [0, 0.05) is 12.6 Å². The first-order valence-electron chi connectivity index (χ1n) is 11.2. The zero-order chi connectivity index (χ0) is 22.6. The first kappa shape index (κ1) is 24.2. The third-order valence-corrected chi connectivity index (χ3v) is 7.11. The van der Waals surface area contributed by atoms with E-state index >= 15 is 0 Å². The highest BCUT2D eigenvalue weighted by molar-refractivity contribution is 7.88. The SMILES string of the molecule is CC(C)(O)C(=O)N1CCC[C@@H](NS(C)(=O)=O)[C@H]1COC1CCC(c2ccccc2)CC1. The largest absolute Gasteiger partial charge is 0.381 e. The van der Waals surface area contributed by atoms with Gasteiger partial charge in [0.05, 0.1) is 25.0 Å². The standard InChI is InChI=1S/C23H36N2O5S/c1-23(2,27)22(26)25-15-7-10-20(24-31(3,28)29)21(25)16-30-19-13-11-18(12-14-19)17-8-5-4-6-9-17/h4-6,8-9,18-21,24,27H,7,10-16H2,1-3H3/t18?,19?,20-,21-/m1/s1. The maximum absolute atomic E-state index is 12.8. The zero-order valence-corrected chi connectivity index (χ0v) is 19.6. The van der Waals surface area contributed by atoms with Crippen LogP contribution in [0, 0.1) is 0 Å². The molecule has 174 valence electrons. The van der Waals surface area contributed by atoms with E-state index in [-0.39, 0.29) is 12.7 Å². The Morgan fingerprint density at radius 1 is 1.16 bits per heavy atom. The number of piperidine rings is 1. The average molecular weight is 453 g/mol. The van der Waals surface area contributed by atoms with E-state index in [1.807, 2.05) is 6.07 Å². The van der Waals surface area contributed by atoms with Crippen molar-refractivity contribution in [3.8, 4) is 0 Å². The number of carbonyl (C=O) groups is 1. The van der Waals surface area contributed by atoms with Crippen LogP contribution in [0.25, 0.3) is 0 Å². The van der Waals surface area contributed by atoms with E-state index in [4.69, 9.17) is 4.74 Å². The van der Waals surface area contributed by atoms with Gasteiger partial charge in [-0.1, -0.05) is 30.3 Å². The van der Waals surface area contributed by atoms with Gasteiger partial charge in [0.2, 0.25) is 10.0 Å². The lowest BCUT2D eigenvalue weighted by Crippen LogP contribution is -2.62.